The summed E-state index contributed by atoms with van der Waals surface area (Å²) < 4.78 is 10.0. The van der Waals surface area contributed by atoms with Gasteiger partial charge in [-0.2, -0.15) is 10.5 Å². The molecule has 0 bridgehead atoms. The van der Waals surface area contributed by atoms with E-state index in [2.05, 4.69) is 13.2 Å². The number of hydrogen-bond donors (Lipinski definition) is 0. The molecule has 2 unspecified atom stereocenters. The second-order valence-electron chi connectivity index (χ2n) is 5.89. The summed E-state index contributed by atoms with van der Waals surface area (Å²) in [5.41, 5.74) is -2.27. The van der Waals surface area contributed by atoms with E-state index in [9.17, 15) is 20.1 Å². The molecule has 0 amide bonds. The standard InChI is InChI=1S/C19H26N2O4/c1-7-24-16(22)18(12-20,14(3)4)10-9-11-19(13-21,15(5)6)17(23)25-8-2/h3,5,7-11H2,1-2,4,6H3. The molecule has 0 heterocycles. The molecule has 136 valence electrons. The van der Waals surface area contributed by atoms with Gasteiger partial charge in [0, 0.05) is 0 Å². The molecule has 6 heteroatoms. The molecule has 0 aliphatic heterocycles. The molecule has 0 rings (SSSR count). The Bertz CT molecular complexity index is 572. The summed E-state index contributed by atoms with van der Waals surface area (Å²) in [6.07, 6.45) is 0.431. The highest BCUT2D eigenvalue weighted by molar-refractivity contribution is 5.84. The maximum atomic E-state index is 12.3. The van der Waals surface area contributed by atoms with Crippen LogP contribution in [0.25, 0.3) is 0 Å². The van der Waals surface area contributed by atoms with Gasteiger partial charge in [0.1, 0.15) is 0 Å². The van der Waals surface area contributed by atoms with Crippen molar-refractivity contribution in [2.75, 3.05) is 13.2 Å². The second kappa shape index (κ2) is 9.64. The van der Waals surface area contributed by atoms with Gasteiger partial charge in [-0.25, -0.2) is 9.59 Å². The van der Waals surface area contributed by atoms with Crippen molar-refractivity contribution in [1.29, 1.82) is 10.5 Å². The zero-order valence-corrected chi connectivity index (χ0v) is 15.5. The third kappa shape index (κ3) is 4.70. The van der Waals surface area contributed by atoms with Crippen LogP contribution in [0.1, 0.15) is 47.0 Å². The maximum absolute atomic E-state index is 12.3. The minimum Gasteiger partial charge on any atom is -0.465 e. The molecule has 6 nitrogen and oxygen atoms in total. The van der Waals surface area contributed by atoms with Crippen molar-refractivity contribution in [2.45, 2.75) is 47.0 Å². The van der Waals surface area contributed by atoms with Crippen molar-refractivity contribution in [3.63, 3.8) is 0 Å². The van der Waals surface area contributed by atoms with Gasteiger partial charge in [0.2, 0.25) is 0 Å². The van der Waals surface area contributed by atoms with Crippen LogP contribution < -0.4 is 0 Å². The minimum atomic E-state index is -1.50. The quantitative estimate of drug-likeness (QED) is 0.443. The molecule has 0 aromatic carbocycles. The van der Waals surface area contributed by atoms with Gasteiger partial charge in [0.05, 0.1) is 25.4 Å². The number of carbonyl (C=O) groups is 2. The molecule has 0 aliphatic carbocycles. The Balaban J connectivity index is 5.49. The molecule has 0 saturated carbocycles. The molecular formula is C19H26N2O4. The lowest BCUT2D eigenvalue weighted by molar-refractivity contribution is -0.150. The van der Waals surface area contributed by atoms with Gasteiger partial charge < -0.3 is 9.47 Å². The van der Waals surface area contributed by atoms with E-state index in [4.69, 9.17) is 9.47 Å². The Labute approximate surface area is 149 Å². The Kier molecular flexibility index (Phi) is 8.63. The van der Waals surface area contributed by atoms with E-state index in [1.807, 2.05) is 12.1 Å². The fraction of sp³-hybridized carbons (Fsp3) is 0.579. The summed E-state index contributed by atoms with van der Waals surface area (Å²) >= 11 is 0. The fourth-order valence-electron chi connectivity index (χ4n) is 2.50. The smallest absolute Gasteiger partial charge is 0.330 e. The van der Waals surface area contributed by atoms with E-state index in [1.165, 1.54) is 0 Å². The Hall–Kier alpha value is -2.60. The third-order valence-electron chi connectivity index (χ3n) is 4.19. The molecule has 0 aromatic rings. The van der Waals surface area contributed by atoms with Crippen LogP contribution in [-0.2, 0) is 19.1 Å². The zero-order chi connectivity index (χ0) is 19.7. The number of hydrogen-bond acceptors (Lipinski definition) is 6. The van der Waals surface area contributed by atoms with Crippen LogP contribution >= 0.6 is 0 Å². The summed E-state index contributed by atoms with van der Waals surface area (Å²) in [5, 5.41) is 19.1. The second-order valence-corrected chi connectivity index (χ2v) is 5.89. The molecule has 0 N–H and O–H groups in total. The normalized spacial score (nSPS) is 14.8. The number of rotatable bonds is 10. The number of nitrogens with zero attached hydrogens (tertiary/aromatic N) is 2. The van der Waals surface area contributed by atoms with Gasteiger partial charge in [0.15, 0.2) is 10.8 Å². The van der Waals surface area contributed by atoms with Crippen LogP contribution in [0.3, 0.4) is 0 Å². The Morgan fingerprint density at radius 1 is 0.880 bits per heavy atom. The van der Waals surface area contributed by atoms with Crippen LogP contribution in [0.15, 0.2) is 24.3 Å². The fourth-order valence-corrected chi connectivity index (χ4v) is 2.50. The molecule has 25 heavy (non-hydrogen) atoms. The Morgan fingerprint density at radius 2 is 1.20 bits per heavy atom. The summed E-state index contributed by atoms with van der Waals surface area (Å²) in [7, 11) is 0. The lowest BCUT2D eigenvalue weighted by atomic mass is 9.73. The van der Waals surface area contributed by atoms with E-state index < -0.39 is 22.8 Å². The largest absolute Gasteiger partial charge is 0.465 e. The molecule has 0 saturated heterocycles. The summed E-state index contributed by atoms with van der Waals surface area (Å²) in [6, 6.07) is 3.98. The predicted molar refractivity (Wildman–Crippen MR) is 92.8 cm³/mol. The highest BCUT2D eigenvalue weighted by Crippen LogP contribution is 2.38. The van der Waals surface area contributed by atoms with Gasteiger partial charge in [-0.15, -0.1) is 0 Å². The first-order valence-electron chi connectivity index (χ1n) is 8.17. The number of carbonyl (C=O) groups excluding carboxylic acids is 2. The van der Waals surface area contributed by atoms with Gasteiger partial charge in [-0.3, -0.25) is 0 Å². The molecule has 0 aromatic heterocycles. The summed E-state index contributed by atoms with van der Waals surface area (Å²) in [4.78, 5) is 24.5. The highest BCUT2D eigenvalue weighted by atomic mass is 16.5. The highest BCUT2D eigenvalue weighted by Gasteiger charge is 2.45. The van der Waals surface area contributed by atoms with Crippen LogP contribution in [0, 0.1) is 33.5 Å². The topological polar surface area (TPSA) is 100 Å². The first kappa shape index (κ1) is 22.4. The van der Waals surface area contributed by atoms with E-state index in [0.29, 0.717) is 11.1 Å². The summed E-state index contributed by atoms with van der Waals surface area (Å²) in [6.45, 7) is 14.2. The van der Waals surface area contributed by atoms with Crippen molar-refractivity contribution in [2.24, 2.45) is 10.8 Å². The van der Waals surface area contributed by atoms with Crippen LogP contribution in [0.2, 0.25) is 0 Å². The minimum absolute atomic E-state index is 0.0911. The number of nitriles is 2. The number of esters is 2. The van der Waals surface area contributed by atoms with Crippen molar-refractivity contribution >= 4 is 11.9 Å². The SMILES string of the molecule is C=C(C)C(C#N)(CCCC(C#N)(C(=C)C)C(=O)OCC)C(=O)OCC. The van der Waals surface area contributed by atoms with E-state index in [-0.39, 0.29) is 32.5 Å². The van der Waals surface area contributed by atoms with Gasteiger partial charge >= 0.3 is 11.9 Å². The van der Waals surface area contributed by atoms with E-state index >= 15 is 0 Å². The Morgan fingerprint density at radius 3 is 1.40 bits per heavy atom. The van der Waals surface area contributed by atoms with Crippen molar-refractivity contribution in [1.82, 2.24) is 0 Å². The first-order chi connectivity index (χ1) is 11.7. The van der Waals surface area contributed by atoms with Crippen LogP contribution in [-0.4, -0.2) is 25.2 Å². The van der Waals surface area contributed by atoms with Crippen molar-refractivity contribution in [3.05, 3.63) is 24.3 Å². The molecule has 0 aliphatic rings. The third-order valence-corrected chi connectivity index (χ3v) is 4.19. The first-order valence-corrected chi connectivity index (χ1v) is 8.17. The van der Waals surface area contributed by atoms with Crippen LogP contribution in [0.5, 0.6) is 0 Å². The lowest BCUT2D eigenvalue weighted by Crippen LogP contribution is -2.35. The predicted octanol–water partition coefficient (Wildman–Crippen LogP) is 3.46. The van der Waals surface area contributed by atoms with Gasteiger partial charge in [0.25, 0.3) is 0 Å². The molecule has 0 spiro atoms. The van der Waals surface area contributed by atoms with Crippen LogP contribution in [0.4, 0.5) is 0 Å². The van der Waals surface area contributed by atoms with Gasteiger partial charge in [-0.05, 0) is 58.1 Å². The van der Waals surface area contributed by atoms with Crippen molar-refractivity contribution in [3.8, 4) is 12.1 Å². The summed E-state index contributed by atoms with van der Waals surface area (Å²) in [5.74, 6) is -1.34. The van der Waals surface area contributed by atoms with Crippen molar-refractivity contribution < 1.29 is 19.1 Å². The average Bonchev–Trinajstić information content (AvgIpc) is 2.55. The maximum Gasteiger partial charge on any atom is 0.330 e. The molecule has 2 atom stereocenters. The molecule has 0 fully saturated rings. The van der Waals surface area contributed by atoms with Gasteiger partial charge in [-0.1, -0.05) is 13.2 Å². The average molecular weight is 346 g/mol. The number of ether oxygens (including phenoxy) is 2. The lowest BCUT2D eigenvalue weighted by Gasteiger charge is -2.28. The molecule has 0 radical (unpaired) electrons. The zero-order valence-electron chi connectivity index (χ0n) is 15.5. The monoisotopic (exact) mass is 346 g/mol. The van der Waals surface area contributed by atoms with E-state index in [1.54, 1.807) is 27.7 Å². The molecular weight excluding hydrogens is 320 g/mol. The van der Waals surface area contributed by atoms with E-state index in [0.717, 1.165) is 0 Å².